The van der Waals surface area contributed by atoms with Crippen molar-refractivity contribution < 1.29 is 4.79 Å². The first-order valence-electron chi connectivity index (χ1n) is 7.18. The maximum Gasteiger partial charge on any atom is 0.224 e. The van der Waals surface area contributed by atoms with Crippen molar-refractivity contribution in [1.82, 2.24) is 0 Å². The van der Waals surface area contributed by atoms with Gasteiger partial charge in [0.25, 0.3) is 0 Å². The quantitative estimate of drug-likeness (QED) is 0.788. The Morgan fingerprint density at radius 2 is 2.21 bits per heavy atom. The first kappa shape index (κ1) is 13.4. The van der Waals surface area contributed by atoms with Crippen molar-refractivity contribution in [3.63, 3.8) is 0 Å². The molecule has 0 aliphatic heterocycles. The summed E-state index contributed by atoms with van der Waals surface area (Å²) < 4.78 is 1.20. The van der Waals surface area contributed by atoms with Gasteiger partial charge < -0.3 is 5.32 Å². The van der Waals surface area contributed by atoms with E-state index in [1.807, 2.05) is 6.07 Å². The zero-order chi connectivity index (χ0) is 13.4. The van der Waals surface area contributed by atoms with Gasteiger partial charge in [0.15, 0.2) is 0 Å². The van der Waals surface area contributed by atoms with Crippen LogP contribution in [0.1, 0.15) is 37.7 Å². The third kappa shape index (κ3) is 2.96. The van der Waals surface area contributed by atoms with E-state index in [0.29, 0.717) is 12.3 Å². The zero-order valence-electron chi connectivity index (χ0n) is 11.3. The number of anilines is 1. The van der Waals surface area contributed by atoms with Gasteiger partial charge in [0.1, 0.15) is 0 Å². The van der Waals surface area contributed by atoms with Crippen LogP contribution >= 0.6 is 22.6 Å². The molecule has 2 saturated carbocycles. The van der Waals surface area contributed by atoms with E-state index in [0.717, 1.165) is 17.5 Å². The first-order chi connectivity index (χ1) is 9.11. The molecule has 3 atom stereocenters. The van der Waals surface area contributed by atoms with Gasteiger partial charge in [0.05, 0.1) is 0 Å². The Bertz CT molecular complexity index is 500. The topological polar surface area (TPSA) is 29.1 Å². The van der Waals surface area contributed by atoms with Gasteiger partial charge in [0, 0.05) is 15.7 Å². The van der Waals surface area contributed by atoms with Gasteiger partial charge in [0.2, 0.25) is 5.91 Å². The van der Waals surface area contributed by atoms with Crippen LogP contribution in [0.15, 0.2) is 18.2 Å². The van der Waals surface area contributed by atoms with Crippen molar-refractivity contribution in [3.05, 3.63) is 27.3 Å². The number of amides is 1. The Kier molecular flexibility index (Phi) is 3.83. The molecule has 0 spiro atoms. The Morgan fingerprint density at radius 3 is 2.84 bits per heavy atom. The fraction of sp³-hybridized carbons (Fsp3) is 0.562. The minimum Gasteiger partial charge on any atom is -0.326 e. The number of rotatable bonds is 3. The minimum absolute atomic E-state index is 0.192. The Hall–Kier alpha value is -0.580. The highest BCUT2D eigenvalue weighted by Crippen LogP contribution is 2.49. The van der Waals surface area contributed by atoms with Crippen LogP contribution in [0, 0.1) is 28.2 Å². The van der Waals surface area contributed by atoms with Crippen LogP contribution in [0.25, 0.3) is 0 Å². The predicted molar refractivity (Wildman–Crippen MR) is 86.1 cm³/mol. The molecule has 1 aromatic rings. The van der Waals surface area contributed by atoms with Gasteiger partial charge in [-0.05, 0) is 84.2 Å². The van der Waals surface area contributed by atoms with E-state index in [-0.39, 0.29) is 5.91 Å². The number of hydrogen-bond donors (Lipinski definition) is 1. The van der Waals surface area contributed by atoms with Gasteiger partial charge in [-0.25, -0.2) is 0 Å². The second kappa shape index (κ2) is 5.43. The van der Waals surface area contributed by atoms with Crippen molar-refractivity contribution in [2.45, 2.75) is 39.0 Å². The fourth-order valence-corrected chi connectivity index (χ4v) is 4.26. The van der Waals surface area contributed by atoms with Crippen molar-refractivity contribution in [1.29, 1.82) is 0 Å². The molecular formula is C16H20INO. The van der Waals surface area contributed by atoms with Crippen LogP contribution in [0.4, 0.5) is 5.69 Å². The molecule has 2 fully saturated rings. The van der Waals surface area contributed by atoms with E-state index in [9.17, 15) is 4.79 Å². The standard InChI is InChI=1S/C16H20INO/c1-10-2-5-14(9-15(10)17)18-16(19)8-13-7-11-3-4-12(13)6-11/h2,5,9,11-13H,3-4,6-8H2,1H3,(H,18,19)/t11-,12+,13+/m0/s1. The molecule has 1 aromatic carbocycles. The highest BCUT2D eigenvalue weighted by Gasteiger charge is 2.40. The first-order valence-corrected chi connectivity index (χ1v) is 8.25. The maximum atomic E-state index is 12.1. The molecule has 1 amide bonds. The number of benzene rings is 1. The number of fused-ring (bicyclic) bond motifs is 2. The average molecular weight is 369 g/mol. The number of nitrogens with one attached hydrogen (secondary N) is 1. The van der Waals surface area contributed by atoms with Gasteiger partial charge in [-0.3, -0.25) is 4.79 Å². The Morgan fingerprint density at radius 1 is 1.37 bits per heavy atom. The molecule has 1 N–H and O–H groups in total. The molecule has 2 aliphatic rings. The van der Waals surface area contributed by atoms with E-state index in [1.165, 1.54) is 34.8 Å². The van der Waals surface area contributed by atoms with Gasteiger partial charge in [-0.1, -0.05) is 12.5 Å². The van der Waals surface area contributed by atoms with Gasteiger partial charge in [-0.2, -0.15) is 0 Å². The lowest BCUT2D eigenvalue weighted by atomic mass is 9.86. The lowest BCUT2D eigenvalue weighted by molar-refractivity contribution is -0.117. The number of aryl methyl sites for hydroxylation is 1. The van der Waals surface area contributed by atoms with E-state index in [4.69, 9.17) is 0 Å². The molecule has 0 heterocycles. The molecule has 0 radical (unpaired) electrons. The van der Waals surface area contributed by atoms with Crippen LogP contribution in [0.3, 0.4) is 0 Å². The normalized spacial score (nSPS) is 28.6. The fourth-order valence-electron chi connectivity index (χ4n) is 3.75. The Balaban J connectivity index is 1.57. The second-order valence-corrected chi connectivity index (χ2v) is 7.31. The van der Waals surface area contributed by atoms with Crippen LogP contribution in [-0.2, 0) is 4.79 Å². The molecule has 0 unspecified atom stereocenters. The monoisotopic (exact) mass is 369 g/mol. The molecule has 0 aromatic heterocycles. The maximum absolute atomic E-state index is 12.1. The lowest BCUT2D eigenvalue weighted by Gasteiger charge is -2.21. The SMILES string of the molecule is Cc1ccc(NC(=O)C[C@H]2C[C@H]3CC[C@@H]2C3)cc1I. The molecule has 102 valence electrons. The average Bonchev–Trinajstić information content (AvgIpc) is 2.96. The lowest BCUT2D eigenvalue weighted by Crippen LogP contribution is -2.20. The third-order valence-electron chi connectivity index (χ3n) is 4.79. The predicted octanol–water partition coefficient (Wildman–Crippen LogP) is 4.36. The summed E-state index contributed by atoms with van der Waals surface area (Å²) in [6.45, 7) is 2.09. The van der Waals surface area contributed by atoms with Crippen LogP contribution < -0.4 is 5.32 Å². The van der Waals surface area contributed by atoms with Crippen molar-refractivity contribution in [2.24, 2.45) is 17.8 Å². The van der Waals surface area contributed by atoms with Crippen LogP contribution in [0.5, 0.6) is 0 Å². The largest absolute Gasteiger partial charge is 0.326 e. The summed E-state index contributed by atoms with van der Waals surface area (Å²) in [4.78, 5) is 12.1. The summed E-state index contributed by atoms with van der Waals surface area (Å²) in [7, 11) is 0. The Labute approximate surface area is 128 Å². The molecule has 19 heavy (non-hydrogen) atoms. The molecule has 2 bridgehead atoms. The summed E-state index contributed by atoms with van der Waals surface area (Å²) in [5.41, 5.74) is 2.19. The molecule has 3 heteroatoms. The summed E-state index contributed by atoms with van der Waals surface area (Å²) in [5, 5.41) is 3.05. The van der Waals surface area contributed by atoms with E-state index in [1.54, 1.807) is 0 Å². The zero-order valence-corrected chi connectivity index (χ0v) is 13.4. The van der Waals surface area contributed by atoms with Gasteiger partial charge >= 0.3 is 0 Å². The molecule has 2 nitrogen and oxygen atoms in total. The number of hydrogen-bond acceptors (Lipinski definition) is 1. The minimum atomic E-state index is 0.192. The van der Waals surface area contributed by atoms with E-state index >= 15 is 0 Å². The van der Waals surface area contributed by atoms with Crippen molar-refractivity contribution in [2.75, 3.05) is 5.32 Å². The second-order valence-electron chi connectivity index (χ2n) is 6.15. The smallest absolute Gasteiger partial charge is 0.224 e. The van der Waals surface area contributed by atoms with Crippen molar-refractivity contribution in [3.8, 4) is 0 Å². The molecular weight excluding hydrogens is 349 g/mol. The molecule has 0 saturated heterocycles. The number of carbonyl (C=O) groups excluding carboxylic acids is 1. The molecule has 2 aliphatic carbocycles. The third-order valence-corrected chi connectivity index (χ3v) is 5.95. The van der Waals surface area contributed by atoms with Crippen LogP contribution in [0.2, 0.25) is 0 Å². The summed E-state index contributed by atoms with van der Waals surface area (Å²) in [6.07, 6.45) is 6.12. The number of carbonyl (C=O) groups is 1. The highest BCUT2D eigenvalue weighted by atomic mass is 127. The number of halogens is 1. The van der Waals surface area contributed by atoms with E-state index < -0.39 is 0 Å². The van der Waals surface area contributed by atoms with E-state index in [2.05, 4.69) is 47.0 Å². The molecule has 3 rings (SSSR count). The summed E-state index contributed by atoms with van der Waals surface area (Å²) in [5.74, 6) is 2.58. The summed E-state index contributed by atoms with van der Waals surface area (Å²) in [6, 6.07) is 6.11. The highest BCUT2D eigenvalue weighted by molar-refractivity contribution is 14.1. The van der Waals surface area contributed by atoms with Crippen molar-refractivity contribution >= 4 is 34.2 Å². The summed E-state index contributed by atoms with van der Waals surface area (Å²) >= 11 is 2.31. The van der Waals surface area contributed by atoms with Crippen LogP contribution in [-0.4, -0.2) is 5.91 Å². The van der Waals surface area contributed by atoms with Gasteiger partial charge in [-0.15, -0.1) is 0 Å².